The molecule has 2 aromatic heterocycles. The fraction of sp³-hybridized carbons (Fsp3) is 0.240. The van der Waals surface area contributed by atoms with Crippen molar-refractivity contribution in [3.63, 3.8) is 0 Å². The molecule has 2 aliphatic heterocycles. The van der Waals surface area contributed by atoms with Crippen LogP contribution in [0.15, 0.2) is 54.9 Å². The van der Waals surface area contributed by atoms with Gasteiger partial charge in [0.25, 0.3) is 5.91 Å². The number of fused-ring (bicyclic) bond motifs is 2. The molecule has 0 radical (unpaired) electrons. The number of pyridine rings is 1. The Hall–Kier alpha value is -3.74. The second-order valence-electron chi connectivity index (χ2n) is 8.50. The molecular weight excluding hydrogens is 405 g/mol. The summed E-state index contributed by atoms with van der Waals surface area (Å²) in [6.45, 7) is 2.42. The Balaban J connectivity index is 1.42. The Kier molecular flexibility index (Phi) is 4.24. The van der Waals surface area contributed by atoms with Crippen LogP contribution in [0.1, 0.15) is 28.0 Å². The summed E-state index contributed by atoms with van der Waals surface area (Å²) in [6.07, 6.45) is 4.74. The van der Waals surface area contributed by atoms with Gasteiger partial charge in [0.05, 0.1) is 29.9 Å². The van der Waals surface area contributed by atoms with Crippen molar-refractivity contribution in [2.24, 2.45) is 7.05 Å². The average molecular weight is 427 g/mol. The minimum Gasteiger partial charge on any atom is -0.371 e. The molecule has 1 fully saturated rings. The van der Waals surface area contributed by atoms with Crippen molar-refractivity contribution >= 4 is 22.5 Å². The first-order valence-corrected chi connectivity index (χ1v) is 10.8. The summed E-state index contributed by atoms with van der Waals surface area (Å²) in [4.78, 5) is 21.0. The number of nitrogens with zero attached hydrogens (tertiary/aromatic N) is 5. The predicted octanol–water partition coefficient (Wildman–Crippen LogP) is 4.14. The normalized spacial score (nSPS) is 15.4. The number of benzene rings is 2. The summed E-state index contributed by atoms with van der Waals surface area (Å²) < 4.78 is 17.4. The van der Waals surface area contributed by atoms with E-state index in [1.54, 1.807) is 34.0 Å². The summed E-state index contributed by atoms with van der Waals surface area (Å²) in [5, 5.41) is 5.48. The highest BCUT2D eigenvalue weighted by molar-refractivity contribution is 5.98. The van der Waals surface area contributed by atoms with Crippen LogP contribution in [0.4, 0.5) is 10.1 Å². The lowest BCUT2D eigenvalue weighted by atomic mass is 9.97. The summed E-state index contributed by atoms with van der Waals surface area (Å²) in [5.41, 5.74) is 5.45. The van der Waals surface area contributed by atoms with Gasteiger partial charge in [-0.15, -0.1) is 0 Å². The van der Waals surface area contributed by atoms with Crippen LogP contribution in [0.5, 0.6) is 0 Å². The van der Waals surface area contributed by atoms with Gasteiger partial charge in [-0.05, 0) is 47.9 Å². The highest BCUT2D eigenvalue weighted by Crippen LogP contribution is 2.37. The molecule has 0 bridgehead atoms. The van der Waals surface area contributed by atoms with E-state index in [9.17, 15) is 4.79 Å². The number of amides is 1. The molecule has 0 saturated carbocycles. The van der Waals surface area contributed by atoms with Gasteiger partial charge in [-0.1, -0.05) is 12.1 Å². The second-order valence-corrected chi connectivity index (χ2v) is 8.50. The molecule has 0 N–H and O–H groups in total. The minimum atomic E-state index is -0.290. The monoisotopic (exact) mass is 427 g/mol. The molecule has 2 aliphatic rings. The molecule has 0 aliphatic carbocycles. The van der Waals surface area contributed by atoms with E-state index in [0.29, 0.717) is 17.7 Å². The molecule has 6 nitrogen and oxygen atoms in total. The summed E-state index contributed by atoms with van der Waals surface area (Å²) in [7, 11) is 1.89. The van der Waals surface area contributed by atoms with Crippen LogP contribution in [0, 0.1) is 5.82 Å². The van der Waals surface area contributed by atoms with Crippen LogP contribution in [0.3, 0.4) is 0 Å². The zero-order chi connectivity index (χ0) is 21.8. The van der Waals surface area contributed by atoms with E-state index >= 15 is 4.39 Å². The zero-order valence-electron chi connectivity index (χ0n) is 17.8. The quantitative estimate of drug-likeness (QED) is 0.491. The number of carbonyl (C=O) groups is 1. The van der Waals surface area contributed by atoms with Gasteiger partial charge in [0, 0.05) is 49.2 Å². The maximum Gasteiger partial charge on any atom is 0.256 e. The highest BCUT2D eigenvalue weighted by Gasteiger charge is 2.31. The van der Waals surface area contributed by atoms with Gasteiger partial charge in [0.15, 0.2) is 0 Å². The van der Waals surface area contributed by atoms with Crippen molar-refractivity contribution in [3.8, 4) is 11.1 Å². The van der Waals surface area contributed by atoms with E-state index in [0.717, 1.165) is 52.9 Å². The Bertz CT molecular complexity index is 1370. The van der Waals surface area contributed by atoms with Gasteiger partial charge in [-0.2, -0.15) is 5.10 Å². The first kappa shape index (κ1) is 19.0. The molecule has 32 heavy (non-hydrogen) atoms. The minimum absolute atomic E-state index is 0.0914. The Morgan fingerprint density at radius 3 is 2.72 bits per heavy atom. The van der Waals surface area contributed by atoms with Crippen LogP contribution in [0.25, 0.3) is 22.0 Å². The fourth-order valence-corrected chi connectivity index (χ4v) is 4.69. The van der Waals surface area contributed by atoms with E-state index in [-0.39, 0.29) is 18.3 Å². The molecule has 4 aromatic rings. The maximum absolute atomic E-state index is 15.6. The lowest BCUT2D eigenvalue weighted by Crippen LogP contribution is -2.38. The number of aromatic nitrogens is 3. The largest absolute Gasteiger partial charge is 0.371 e. The molecule has 0 atom stereocenters. The summed E-state index contributed by atoms with van der Waals surface area (Å²) in [6, 6.07) is 13.1. The first-order chi connectivity index (χ1) is 15.6. The van der Waals surface area contributed by atoms with Crippen LogP contribution in [0.2, 0.25) is 0 Å². The Labute approximate surface area is 184 Å². The highest BCUT2D eigenvalue weighted by atomic mass is 19.1. The number of hydrogen-bond acceptors (Lipinski definition) is 4. The van der Waals surface area contributed by atoms with Crippen molar-refractivity contribution in [2.75, 3.05) is 18.0 Å². The SMILES string of the molecule is Cn1cc2c(-c3cc(F)c(CN4Cc5ncccc5C4=O)c(N4CCC4)c3)cccc2n1. The van der Waals surface area contributed by atoms with Crippen molar-refractivity contribution < 1.29 is 9.18 Å². The van der Waals surface area contributed by atoms with Crippen molar-refractivity contribution in [3.05, 3.63) is 77.5 Å². The van der Waals surface area contributed by atoms with Crippen LogP contribution in [-0.2, 0) is 20.1 Å². The van der Waals surface area contributed by atoms with Crippen molar-refractivity contribution in [1.82, 2.24) is 19.7 Å². The van der Waals surface area contributed by atoms with Crippen molar-refractivity contribution in [1.29, 1.82) is 0 Å². The van der Waals surface area contributed by atoms with Gasteiger partial charge in [-0.25, -0.2) is 4.39 Å². The van der Waals surface area contributed by atoms with E-state index in [1.165, 1.54) is 0 Å². The third-order valence-corrected chi connectivity index (χ3v) is 6.44. The molecule has 1 amide bonds. The van der Waals surface area contributed by atoms with Gasteiger partial charge < -0.3 is 9.80 Å². The molecule has 0 unspecified atom stereocenters. The fourth-order valence-electron chi connectivity index (χ4n) is 4.69. The Morgan fingerprint density at radius 2 is 1.94 bits per heavy atom. The maximum atomic E-state index is 15.6. The number of anilines is 1. The first-order valence-electron chi connectivity index (χ1n) is 10.8. The van der Waals surface area contributed by atoms with Gasteiger partial charge >= 0.3 is 0 Å². The molecule has 160 valence electrons. The molecule has 4 heterocycles. The van der Waals surface area contributed by atoms with Gasteiger partial charge in [0.2, 0.25) is 0 Å². The van der Waals surface area contributed by atoms with Crippen LogP contribution in [-0.4, -0.2) is 38.7 Å². The number of aryl methyl sites for hydroxylation is 1. The lowest BCUT2D eigenvalue weighted by Gasteiger charge is -2.36. The summed E-state index contributed by atoms with van der Waals surface area (Å²) in [5.74, 6) is -0.381. The lowest BCUT2D eigenvalue weighted by molar-refractivity contribution is 0.0765. The summed E-state index contributed by atoms with van der Waals surface area (Å²) >= 11 is 0. The third-order valence-electron chi connectivity index (χ3n) is 6.44. The average Bonchev–Trinajstić information content (AvgIpc) is 3.28. The molecule has 6 rings (SSSR count). The van der Waals surface area contributed by atoms with E-state index < -0.39 is 0 Å². The van der Waals surface area contributed by atoms with Gasteiger partial charge in [-0.3, -0.25) is 14.5 Å². The predicted molar refractivity (Wildman–Crippen MR) is 121 cm³/mol. The molecule has 1 saturated heterocycles. The van der Waals surface area contributed by atoms with Crippen molar-refractivity contribution in [2.45, 2.75) is 19.5 Å². The number of hydrogen-bond donors (Lipinski definition) is 0. The smallest absolute Gasteiger partial charge is 0.256 e. The molecule has 7 heteroatoms. The second kappa shape index (κ2) is 7.15. The standard InChI is InChI=1S/C25H22FN5O/c1-29-13-19-17(5-2-7-22(19)28-29)16-11-21(26)20(24(12-16)30-9-4-10-30)14-31-15-23-18(25(31)32)6-3-8-27-23/h2-3,5-8,11-13H,4,9-10,14-15H2,1H3. The Morgan fingerprint density at radius 1 is 1.09 bits per heavy atom. The third kappa shape index (κ3) is 2.96. The topological polar surface area (TPSA) is 54.3 Å². The zero-order valence-corrected chi connectivity index (χ0v) is 17.8. The van der Waals surface area contributed by atoms with E-state index in [4.69, 9.17) is 0 Å². The molecule has 0 spiro atoms. The van der Waals surface area contributed by atoms with E-state index in [1.807, 2.05) is 31.4 Å². The number of carbonyl (C=O) groups excluding carboxylic acids is 1. The molecule has 2 aromatic carbocycles. The van der Waals surface area contributed by atoms with Crippen LogP contribution >= 0.6 is 0 Å². The van der Waals surface area contributed by atoms with E-state index in [2.05, 4.69) is 21.0 Å². The molecular formula is C25H22FN5O. The number of halogens is 1. The number of rotatable bonds is 4. The van der Waals surface area contributed by atoms with Crippen LogP contribution < -0.4 is 4.90 Å². The van der Waals surface area contributed by atoms with Gasteiger partial charge in [0.1, 0.15) is 5.82 Å².